The van der Waals surface area contributed by atoms with Gasteiger partial charge in [0.25, 0.3) is 0 Å². The molecule has 4 aromatic rings. The number of carbonyl (C=O) groups is 1. The van der Waals surface area contributed by atoms with Crippen molar-refractivity contribution in [2.75, 3.05) is 5.32 Å². The Kier molecular flexibility index (Phi) is 6.06. The quantitative estimate of drug-likeness (QED) is 0.401. The van der Waals surface area contributed by atoms with Gasteiger partial charge in [-0.25, -0.2) is 4.98 Å². The van der Waals surface area contributed by atoms with Gasteiger partial charge in [0.1, 0.15) is 18.1 Å². The van der Waals surface area contributed by atoms with Crippen LogP contribution < -0.4 is 10.1 Å². The Bertz CT molecular complexity index is 1180. The second-order valence-corrected chi connectivity index (χ2v) is 9.23. The van der Waals surface area contributed by atoms with Crippen LogP contribution in [0.1, 0.15) is 30.8 Å². The molecule has 0 aliphatic heterocycles. The number of carbonyl (C=O) groups excluding carboxylic acids is 1. The number of benzene rings is 2. The van der Waals surface area contributed by atoms with Gasteiger partial charge in [0.05, 0.1) is 16.1 Å². The van der Waals surface area contributed by atoms with Crippen LogP contribution in [0, 0.1) is 12.8 Å². The van der Waals surface area contributed by atoms with Crippen LogP contribution in [-0.4, -0.2) is 20.5 Å². The number of nitrogens with one attached hydrogen (secondary N) is 1. The Morgan fingerprint density at radius 3 is 2.80 bits per heavy atom. The molecule has 0 spiro atoms. The first-order valence-corrected chi connectivity index (χ1v) is 11.3. The normalized spacial score (nSPS) is 11.2. The first kappa shape index (κ1) is 20.4. The van der Waals surface area contributed by atoms with Gasteiger partial charge >= 0.3 is 0 Å². The highest BCUT2D eigenvalue weighted by Crippen LogP contribution is 2.38. The molecule has 0 aliphatic rings. The third-order valence-corrected chi connectivity index (χ3v) is 5.98. The van der Waals surface area contributed by atoms with E-state index in [1.165, 1.54) is 22.9 Å². The Balaban J connectivity index is 1.57. The van der Waals surface area contributed by atoms with E-state index in [1.807, 2.05) is 50.4 Å². The molecular formula is C22H22N4O2S2. The van der Waals surface area contributed by atoms with E-state index in [-0.39, 0.29) is 5.91 Å². The molecule has 0 fully saturated rings. The molecule has 2 aromatic heterocycles. The second-order valence-electron chi connectivity index (χ2n) is 7.42. The van der Waals surface area contributed by atoms with Gasteiger partial charge in [-0.3, -0.25) is 4.79 Å². The fraction of sp³-hybridized carbons (Fsp3) is 0.273. The third-order valence-electron chi connectivity index (χ3n) is 4.55. The van der Waals surface area contributed by atoms with Crippen LogP contribution in [0.2, 0.25) is 0 Å². The topological polar surface area (TPSA) is 77.0 Å². The molecule has 1 amide bonds. The molecule has 0 radical (unpaired) electrons. The van der Waals surface area contributed by atoms with E-state index in [1.54, 1.807) is 0 Å². The third kappa shape index (κ3) is 4.49. The van der Waals surface area contributed by atoms with Crippen molar-refractivity contribution >= 4 is 44.7 Å². The van der Waals surface area contributed by atoms with Crippen molar-refractivity contribution in [2.45, 2.75) is 33.8 Å². The summed E-state index contributed by atoms with van der Waals surface area (Å²) in [5.41, 5.74) is 2.55. The zero-order valence-corrected chi connectivity index (χ0v) is 18.6. The first-order valence-electron chi connectivity index (χ1n) is 9.69. The minimum atomic E-state index is -0.0184. The summed E-state index contributed by atoms with van der Waals surface area (Å²) in [6, 6.07) is 12.2. The number of amides is 1. The van der Waals surface area contributed by atoms with E-state index >= 15 is 0 Å². The summed E-state index contributed by atoms with van der Waals surface area (Å²) in [6.45, 7) is 6.35. The highest BCUT2D eigenvalue weighted by Gasteiger charge is 2.17. The van der Waals surface area contributed by atoms with E-state index in [0.29, 0.717) is 24.1 Å². The van der Waals surface area contributed by atoms with Gasteiger partial charge in [0, 0.05) is 11.8 Å². The Morgan fingerprint density at radius 1 is 1.20 bits per heavy atom. The average Bonchev–Trinajstić information content (AvgIpc) is 3.33. The van der Waals surface area contributed by atoms with Crippen LogP contribution in [0.25, 0.3) is 22.0 Å². The molecule has 8 heteroatoms. The van der Waals surface area contributed by atoms with Gasteiger partial charge in [-0.1, -0.05) is 48.7 Å². The monoisotopic (exact) mass is 438 g/mol. The van der Waals surface area contributed by atoms with Gasteiger partial charge in [-0.05, 0) is 41.2 Å². The largest absolute Gasteiger partial charge is 0.487 e. The van der Waals surface area contributed by atoms with Gasteiger partial charge in [0.15, 0.2) is 5.13 Å². The zero-order valence-electron chi connectivity index (χ0n) is 17.0. The van der Waals surface area contributed by atoms with E-state index in [9.17, 15) is 4.79 Å². The van der Waals surface area contributed by atoms with Crippen LogP contribution >= 0.6 is 22.9 Å². The molecule has 4 rings (SSSR count). The lowest BCUT2D eigenvalue weighted by molar-refractivity contribution is -0.116. The molecule has 1 N–H and O–H groups in total. The molecule has 0 bridgehead atoms. The number of anilines is 1. The maximum Gasteiger partial charge on any atom is 0.226 e. The maximum absolute atomic E-state index is 12.0. The number of hydrogen-bond acceptors (Lipinski definition) is 7. The second kappa shape index (κ2) is 8.89. The number of nitrogens with zero attached hydrogens (tertiary/aromatic N) is 3. The molecular weight excluding hydrogens is 416 g/mol. The van der Waals surface area contributed by atoms with Crippen molar-refractivity contribution in [1.29, 1.82) is 0 Å². The van der Waals surface area contributed by atoms with E-state index < -0.39 is 0 Å². The van der Waals surface area contributed by atoms with Crippen LogP contribution in [0.5, 0.6) is 5.75 Å². The summed E-state index contributed by atoms with van der Waals surface area (Å²) in [4.78, 5) is 17.5. The Morgan fingerprint density at radius 2 is 2.03 bits per heavy atom. The highest BCUT2D eigenvalue weighted by molar-refractivity contribution is 7.13. The van der Waals surface area contributed by atoms with Gasteiger partial charge in [0.2, 0.25) is 5.91 Å². The standard InChI is InChI=1S/C22H22N4O2S2/c1-13(2)10-19(27)24-22-23-16(12-29-22)11-28-18-9-8-15-6-4-5-7-17(15)20(18)21-14(3)30-26-25-21/h4-9,12-13H,10-11H2,1-3H3,(H,23,24,27). The summed E-state index contributed by atoms with van der Waals surface area (Å²) in [5.74, 6) is 1.03. The van der Waals surface area contributed by atoms with Crippen molar-refractivity contribution in [3.05, 3.63) is 52.3 Å². The number of hydrogen-bond donors (Lipinski definition) is 1. The molecule has 0 aliphatic carbocycles. The van der Waals surface area contributed by atoms with Crippen molar-refractivity contribution < 1.29 is 9.53 Å². The van der Waals surface area contributed by atoms with Crippen LogP contribution in [0.4, 0.5) is 5.13 Å². The van der Waals surface area contributed by atoms with E-state index in [4.69, 9.17) is 4.74 Å². The summed E-state index contributed by atoms with van der Waals surface area (Å²) in [5, 5.41) is 11.9. The molecule has 0 saturated heterocycles. The van der Waals surface area contributed by atoms with Gasteiger partial charge < -0.3 is 10.1 Å². The van der Waals surface area contributed by atoms with Crippen LogP contribution in [0.15, 0.2) is 41.8 Å². The van der Waals surface area contributed by atoms with Crippen LogP contribution in [0.3, 0.4) is 0 Å². The summed E-state index contributed by atoms with van der Waals surface area (Å²) < 4.78 is 10.3. The zero-order chi connectivity index (χ0) is 21.1. The molecule has 6 nitrogen and oxygen atoms in total. The molecule has 2 aromatic carbocycles. The SMILES string of the molecule is Cc1snnc1-c1c(OCc2csc(NC(=O)CC(C)C)n2)ccc2ccccc12. The van der Waals surface area contributed by atoms with Crippen LogP contribution in [-0.2, 0) is 11.4 Å². The van der Waals surface area contributed by atoms with Crippen molar-refractivity contribution in [3.8, 4) is 17.0 Å². The summed E-state index contributed by atoms with van der Waals surface area (Å²) >= 11 is 2.78. The lowest BCUT2D eigenvalue weighted by Crippen LogP contribution is -2.13. The number of ether oxygens (including phenoxy) is 1. The smallest absolute Gasteiger partial charge is 0.226 e. The first-order chi connectivity index (χ1) is 14.5. The molecule has 0 unspecified atom stereocenters. The molecule has 2 heterocycles. The number of fused-ring (bicyclic) bond motifs is 1. The fourth-order valence-corrected chi connectivity index (χ4v) is 4.39. The van der Waals surface area contributed by atoms with Crippen molar-refractivity contribution in [3.63, 3.8) is 0 Å². The van der Waals surface area contributed by atoms with Gasteiger partial charge in [-0.15, -0.1) is 16.4 Å². The minimum absolute atomic E-state index is 0.0184. The summed E-state index contributed by atoms with van der Waals surface area (Å²) in [6.07, 6.45) is 0.479. The molecule has 154 valence electrons. The Hall–Kier alpha value is -2.84. The number of thiazole rings is 1. The minimum Gasteiger partial charge on any atom is -0.487 e. The number of aromatic nitrogens is 3. The number of rotatable bonds is 7. The van der Waals surface area contributed by atoms with E-state index in [0.717, 1.165) is 38.4 Å². The molecule has 0 saturated carbocycles. The van der Waals surface area contributed by atoms with Gasteiger partial charge in [-0.2, -0.15) is 0 Å². The lowest BCUT2D eigenvalue weighted by atomic mass is 10.0. The van der Waals surface area contributed by atoms with E-state index in [2.05, 4.69) is 32.0 Å². The average molecular weight is 439 g/mol. The maximum atomic E-state index is 12.0. The molecule has 0 atom stereocenters. The highest BCUT2D eigenvalue weighted by atomic mass is 32.1. The predicted molar refractivity (Wildman–Crippen MR) is 122 cm³/mol. The van der Waals surface area contributed by atoms with Crippen molar-refractivity contribution in [1.82, 2.24) is 14.6 Å². The predicted octanol–water partition coefficient (Wildman–Crippen LogP) is 5.69. The molecule has 30 heavy (non-hydrogen) atoms. The summed E-state index contributed by atoms with van der Waals surface area (Å²) in [7, 11) is 0. The fourth-order valence-electron chi connectivity index (χ4n) is 3.20. The Labute approximate surface area is 183 Å². The number of aryl methyl sites for hydroxylation is 1. The lowest BCUT2D eigenvalue weighted by Gasteiger charge is -2.13. The van der Waals surface area contributed by atoms with Crippen molar-refractivity contribution in [2.24, 2.45) is 5.92 Å².